The first-order valence-corrected chi connectivity index (χ1v) is 31.0. The van der Waals surface area contributed by atoms with Crippen LogP contribution in [0.3, 0.4) is 0 Å². The summed E-state index contributed by atoms with van der Waals surface area (Å²) in [5, 5.41) is 0. The Morgan fingerprint density at radius 2 is 0.883 bits per heavy atom. The molecule has 0 radical (unpaired) electrons. The quantitative estimate of drug-likeness (QED) is 0.133. The van der Waals surface area contributed by atoms with E-state index >= 15 is 0 Å². The van der Waals surface area contributed by atoms with Crippen LogP contribution in [0.25, 0.3) is 33.4 Å². The van der Waals surface area contributed by atoms with E-state index in [1.807, 2.05) is 13.8 Å². The van der Waals surface area contributed by atoms with Crippen LogP contribution < -0.4 is 0 Å². The third-order valence-electron chi connectivity index (χ3n) is 13.3. The van der Waals surface area contributed by atoms with Gasteiger partial charge in [-0.3, -0.25) is 0 Å². The van der Waals surface area contributed by atoms with E-state index in [0.717, 1.165) is 24.9 Å². The Morgan fingerprint density at radius 3 is 1.17 bits per heavy atom. The predicted molar refractivity (Wildman–Crippen MR) is 264 cm³/mol. The summed E-state index contributed by atoms with van der Waals surface area (Å²) in [4.78, 5) is 0. The average Bonchev–Trinajstić information content (AvgIpc) is 4.00. The van der Waals surface area contributed by atoms with Crippen LogP contribution in [-0.2, 0) is 44.6 Å². The fourth-order valence-electron chi connectivity index (χ4n) is 9.62. The van der Waals surface area contributed by atoms with Crippen molar-refractivity contribution in [2.75, 3.05) is 0 Å². The van der Waals surface area contributed by atoms with Crippen LogP contribution in [0.1, 0.15) is 173 Å². The van der Waals surface area contributed by atoms with Crippen molar-refractivity contribution < 1.29 is 22.9 Å². The van der Waals surface area contributed by atoms with Crippen LogP contribution in [0.4, 0.5) is 0 Å². The zero-order valence-corrected chi connectivity index (χ0v) is 45.1. The van der Waals surface area contributed by atoms with E-state index in [1.54, 1.807) is 33.4 Å². The van der Waals surface area contributed by atoms with E-state index in [4.69, 9.17) is 22.2 Å². The first kappa shape index (κ1) is 45.5. The van der Waals surface area contributed by atoms with Gasteiger partial charge in [0.25, 0.3) is 6.69 Å². The summed E-state index contributed by atoms with van der Waals surface area (Å²) in [7, 11) is 0. The molecule has 4 heteroatoms. The minimum absolute atomic E-state index is 0.0440. The molecule has 0 N–H and O–H groups in total. The van der Waals surface area contributed by atoms with Gasteiger partial charge in [0.1, 0.15) is 0 Å². The number of halogens is 2. The monoisotopic (exact) mass is 1020 g/mol. The van der Waals surface area contributed by atoms with Crippen molar-refractivity contribution in [3.05, 3.63) is 153 Å². The molecule has 0 saturated carbocycles. The zero-order valence-electron chi connectivity index (χ0n) is 39.0. The van der Waals surface area contributed by atoms with Crippen LogP contribution in [0.15, 0.2) is 97.1 Å². The SMILES string of the molecule is CC(C)(C)c1ccc2c(c1)[CH]([Hf][CH]1c3cc(C(C)(C)C)ccc3-c3ccc(C(C)(C)C)c(C4=CC=CC4)c31)c1c-2ccc(C(C)(C)C)c1C1=CC=CC1.CC[Si](Cl)(Cl)CC. The number of hydrogen-bond acceptors (Lipinski definition) is 0. The molecule has 2 atom stereocenters. The number of fused-ring (bicyclic) bond motifs is 6. The Morgan fingerprint density at radius 1 is 0.517 bits per heavy atom. The summed E-state index contributed by atoms with van der Waals surface area (Å²) in [5.41, 5.74) is 24.7. The molecule has 4 aliphatic rings. The van der Waals surface area contributed by atoms with Gasteiger partial charge in [-0.2, -0.15) is 0 Å². The molecule has 4 aromatic rings. The van der Waals surface area contributed by atoms with Crippen LogP contribution >= 0.6 is 22.2 Å². The van der Waals surface area contributed by atoms with Crippen molar-refractivity contribution in [3.63, 3.8) is 0 Å². The largest absolute Gasteiger partial charge is 0.250 e. The standard InChI is InChI=1S/2C26H29.C4H10Cl2Si.Hf/c2*1-25(2,3)19-11-12-20-18(15-19)16-22-21(20)13-14-23(26(4,5)6)24(22)17-9-7-8-10-17;1-3-7(5,6)4-2;/h2*7-9,11-16H,10H2,1-6H3;3-4H2,1-2H3;. The second-order valence-electron chi connectivity index (χ2n) is 21.7. The van der Waals surface area contributed by atoms with Gasteiger partial charge in [0.2, 0.25) is 0 Å². The van der Waals surface area contributed by atoms with Crippen LogP contribution in [0.5, 0.6) is 0 Å². The van der Waals surface area contributed by atoms with Gasteiger partial charge < -0.3 is 0 Å². The molecular formula is C56H68Cl2HfSi. The molecule has 2 unspecified atom stereocenters. The first-order chi connectivity index (χ1) is 28.0. The molecule has 0 aliphatic heterocycles. The van der Waals surface area contributed by atoms with E-state index < -0.39 is 29.6 Å². The van der Waals surface area contributed by atoms with Gasteiger partial charge in [-0.05, 0) is 12.1 Å². The molecule has 0 bridgehead atoms. The molecule has 60 heavy (non-hydrogen) atoms. The Balaban J connectivity index is 0.000000716. The van der Waals surface area contributed by atoms with Crippen molar-refractivity contribution >= 4 is 40.0 Å². The van der Waals surface area contributed by atoms with Gasteiger partial charge in [0, 0.05) is 0 Å². The number of hydrogen-bond donors (Lipinski definition) is 0. The van der Waals surface area contributed by atoms with Gasteiger partial charge in [0.15, 0.2) is 0 Å². The second kappa shape index (κ2) is 16.6. The summed E-state index contributed by atoms with van der Waals surface area (Å²) >= 11 is 9.94. The topological polar surface area (TPSA) is 0 Å². The maximum atomic E-state index is 5.81. The van der Waals surface area contributed by atoms with Crippen LogP contribution in [0, 0.1) is 0 Å². The fourth-order valence-corrected chi connectivity index (χ4v) is 17.7. The predicted octanol–water partition coefficient (Wildman–Crippen LogP) is 17.4. The van der Waals surface area contributed by atoms with Crippen molar-refractivity contribution in [1.82, 2.24) is 0 Å². The minimum atomic E-state index is -1.71. The Bertz CT molecular complexity index is 2280. The summed E-state index contributed by atoms with van der Waals surface area (Å²) in [6.45, 7) is 31.2. The molecule has 0 amide bonds. The van der Waals surface area contributed by atoms with Gasteiger partial charge in [-0.25, -0.2) is 0 Å². The van der Waals surface area contributed by atoms with E-state index in [9.17, 15) is 0 Å². The van der Waals surface area contributed by atoms with Gasteiger partial charge in [-0.15, -0.1) is 22.2 Å². The van der Waals surface area contributed by atoms with Gasteiger partial charge in [-0.1, -0.05) is 13.8 Å². The summed E-state index contributed by atoms with van der Waals surface area (Å²) in [5.74, 6) is 0. The summed E-state index contributed by atoms with van der Waals surface area (Å²) in [6, 6.07) is 27.0. The smallest absolute Gasteiger partial charge is 0.146 e. The van der Waals surface area contributed by atoms with Crippen molar-refractivity contribution in [1.29, 1.82) is 0 Å². The molecule has 4 aliphatic carbocycles. The number of benzene rings is 4. The molecule has 0 fully saturated rings. The van der Waals surface area contributed by atoms with E-state index in [1.165, 1.54) is 55.7 Å². The minimum Gasteiger partial charge on any atom is -0.146 e. The van der Waals surface area contributed by atoms with Crippen LogP contribution in [0.2, 0.25) is 12.1 Å². The average molecular weight is 1020 g/mol. The van der Waals surface area contributed by atoms with E-state index in [0.29, 0.717) is 7.35 Å². The molecule has 4 aromatic carbocycles. The first-order valence-electron chi connectivity index (χ1n) is 22.5. The molecule has 0 heterocycles. The van der Waals surface area contributed by atoms with Crippen LogP contribution in [-0.4, -0.2) is 6.69 Å². The summed E-state index contributed by atoms with van der Waals surface area (Å²) in [6.07, 6.45) is 16.2. The normalized spacial score (nSPS) is 18.1. The Hall–Kier alpha value is -2.49. The molecule has 0 nitrogen and oxygen atoms in total. The van der Waals surface area contributed by atoms with Crippen molar-refractivity contribution in [3.8, 4) is 22.3 Å². The molecular weight excluding hydrogens is 950 g/mol. The summed E-state index contributed by atoms with van der Waals surface area (Å²) < 4.78 is 0.926. The van der Waals surface area contributed by atoms with E-state index in [-0.39, 0.29) is 21.7 Å². The fraction of sp³-hybridized carbons (Fsp3) is 0.429. The van der Waals surface area contributed by atoms with Crippen molar-refractivity contribution in [2.24, 2.45) is 0 Å². The Kier molecular flexibility index (Phi) is 12.6. The number of allylic oxidation sites excluding steroid dienone is 8. The molecule has 0 aromatic heterocycles. The second-order valence-corrected chi connectivity index (χ2v) is 35.1. The molecule has 314 valence electrons. The Labute approximate surface area is 385 Å². The maximum Gasteiger partial charge on any atom is 0.250 e. The molecule has 0 spiro atoms. The molecule has 0 saturated heterocycles. The zero-order chi connectivity index (χ0) is 43.7. The maximum absolute atomic E-state index is 5.81. The molecule has 8 rings (SSSR count). The third kappa shape index (κ3) is 8.72. The van der Waals surface area contributed by atoms with E-state index in [2.05, 4.69) is 180 Å². The van der Waals surface area contributed by atoms with Crippen molar-refractivity contribution in [2.45, 2.75) is 151 Å². The third-order valence-corrected chi connectivity index (χ3v) is 25.3. The van der Waals surface area contributed by atoms with Gasteiger partial charge in [0.05, 0.1) is 0 Å². The number of rotatable bonds is 6. The van der Waals surface area contributed by atoms with Gasteiger partial charge >= 0.3 is 334 Å².